The third-order valence-corrected chi connectivity index (χ3v) is 8.70. The zero-order chi connectivity index (χ0) is 23.6. The van der Waals surface area contributed by atoms with E-state index in [9.17, 15) is 13.2 Å². The number of methoxy groups -OCH3 is 1. The van der Waals surface area contributed by atoms with E-state index in [4.69, 9.17) is 9.84 Å². The molecular weight excluding hydrogens is 440 g/mol. The molecule has 1 saturated carbocycles. The monoisotopic (exact) mass is 468 g/mol. The molecule has 1 N–H and O–H groups in total. The maximum Gasteiger partial charge on any atom is 0.253 e. The lowest BCUT2D eigenvalue weighted by Gasteiger charge is -2.38. The summed E-state index contributed by atoms with van der Waals surface area (Å²) in [4.78, 5) is 17.5. The first kappa shape index (κ1) is 22.0. The molecule has 3 heterocycles. The number of amides is 1. The van der Waals surface area contributed by atoms with E-state index in [0.717, 1.165) is 40.7 Å². The highest BCUT2D eigenvalue weighted by Gasteiger charge is 2.46. The minimum absolute atomic E-state index is 0.0468. The lowest BCUT2D eigenvalue weighted by atomic mass is 10.0. The summed E-state index contributed by atoms with van der Waals surface area (Å²) in [5.74, 6) is -0.429. The Morgan fingerprint density at radius 1 is 1.21 bits per heavy atom. The van der Waals surface area contributed by atoms with Crippen LogP contribution in [-0.4, -0.2) is 53.2 Å². The van der Waals surface area contributed by atoms with Crippen LogP contribution in [0, 0.1) is 0 Å². The first-order valence-corrected chi connectivity index (χ1v) is 12.9. The molecule has 1 aromatic carbocycles. The Morgan fingerprint density at radius 3 is 2.55 bits per heavy atom. The van der Waals surface area contributed by atoms with Gasteiger partial charge >= 0.3 is 0 Å². The maximum absolute atomic E-state index is 12.9. The molecule has 9 heteroatoms. The number of rotatable bonds is 6. The van der Waals surface area contributed by atoms with E-state index < -0.39 is 15.4 Å². The number of nitrogens with zero attached hydrogens (tertiary/aromatic N) is 3. The molecular formula is C24H28N4O4S. The molecule has 1 saturated heterocycles. The van der Waals surface area contributed by atoms with Gasteiger partial charge in [-0.2, -0.15) is 5.10 Å². The molecule has 1 amide bonds. The molecule has 2 fully saturated rings. The molecule has 174 valence electrons. The second-order valence-corrected chi connectivity index (χ2v) is 11.9. The van der Waals surface area contributed by atoms with Gasteiger partial charge in [0.15, 0.2) is 9.84 Å². The molecule has 0 radical (unpaired) electrons. The molecule has 3 aromatic rings. The largest absolute Gasteiger partial charge is 0.374 e. The Hall–Kier alpha value is -2.78. The molecule has 0 bridgehead atoms. The standard InChI is InChI=1S/C24H28N4O4S/c1-15(2)28-19-11-17(22(29)26-23(3)13-33(30,31)14-23)12-25-21(19)20(27-28)16-6-5-7-18(10-16)24(32-4)8-9-24/h5-7,10-12,15H,8-9,13-14H2,1-4H3,(H,26,29). The van der Waals surface area contributed by atoms with Crippen LogP contribution >= 0.6 is 0 Å². The third kappa shape index (κ3) is 3.83. The van der Waals surface area contributed by atoms with E-state index in [2.05, 4.69) is 22.4 Å². The number of carbonyl (C=O) groups excluding carboxylic acids is 1. The molecule has 0 atom stereocenters. The van der Waals surface area contributed by atoms with E-state index in [1.807, 2.05) is 30.7 Å². The number of hydrogen-bond acceptors (Lipinski definition) is 6. The minimum Gasteiger partial charge on any atom is -0.374 e. The highest BCUT2D eigenvalue weighted by atomic mass is 32.2. The summed E-state index contributed by atoms with van der Waals surface area (Å²) in [5.41, 5.74) is 3.77. The predicted octanol–water partition coefficient (Wildman–Crippen LogP) is 3.23. The Kier molecular flexibility index (Phi) is 4.92. The first-order chi connectivity index (χ1) is 15.5. The SMILES string of the molecule is COC1(c2cccc(-c3nn(C(C)C)c4cc(C(=O)NC5(C)CS(=O)(=O)C5)cnc34)c2)CC1. The Balaban J connectivity index is 1.52. The van der Waals surface area contributed by atoms with Crippen molar-refractivity contribution in [2.45, 2.75) is 50.8 Å². The quantitative estimate of drug-likeness (QED) is 0.596. The van der Waals surface area contributed by atoms with Crippen LogP contribution in [0.3, 0.4) is 0 Å². The van der Waals surface area contributed by atoms with Crippen LogP contribution in [0.4, 0.5) is 0 Å². The van der Waals surface area contributed by atoms with E-state index >= 15 is 0 Å². The number of sulfone groups is 1. The van der Waals surface area contributed by atoms with Gasteiger partial charge in [0.05, 0.1) is 33.7 Å². The molecule has 1 aliphatic heterocycles. The van der Waals surface area contributed by atoms with Gasteiger partial charge in [0.2, 0.25) is 0 Å². The molecule has 33 heavy (non-hydrogen) atoms. The number of nitrogens with one attached hydrogen (secondary N) is 1. The van der Waals surface area contributed by atoms with Gasteiger partial charge in [-0.15, -0.1) is 0 Å². The van der Waals surface area contributed by atoms with Crippen molar-refractivity contribution in [3.05, 3.63) is 47.7 Å². The average molecular weight is 469 g/mol. The van der Waals surface area contributed by atoms with Crippen LogP contribution in [0.2, 0.25) is 0 Å². The van der Waals surface area contributed by atoms with Crippen molar-refractivity contribution in [3.8, 4) is 11.3 Å². The fourth-order valence-corrected chi connectivity index (χ4v) is 6.75. The van der Waals surface area contributed by atoms with Gasteiger partial charge in [0.1, 0.15) is 11.2 Å². The second-order valence-electron chi connectivity index (χ2n) is 9.80. The van der Waals surface area contributed by atoms with E-state index in [0.29, 0.717) is 5.56 Å². The van der Waals surface area contributed by atoms with Gasteiger partial charge < -0.3 is 10.1 Å². The fourth-order valence-electron chi connectivity index (χ4n) is 4.75. The molecule has 0 unspecified atom stereocenters. The van der Waals surface area contributed by atoms with Crippen molar-refractivity contribution in [2.75, 3.05) is 18.6 Å². The zero-order valence-corrected chi connectivity index (χ0v) is 20.1. The van der Waals surface area contributed by atoms with Crippen molar-refractivity contribution < 1.29 is 17.9 Å². The van der Waals surface area contributed by atoms with Gasteiger partial charge in [-0.3, -0.25) is 14.5 Å². The Labute approximate surface area is 193 Å². The van der Waals surface area contributed by atoms with Crippen molar-refractivity contribution in [1.29, 1.82) is 0 Å². The van der Waals surface area contributed by atoms with Crippen molar-refractivity contribution in [1.82, 2.24) is 20.1 Å². The van der Waals surface area contributed by atoms with Crippen molar-refractivity contribution in [3.63, 3.8) is 0 Å². The summed E-state index contributed by atoms with van der Waals surface area (Å²) in [6, 6.07) is 10.1. The lowest BCUT2D eigenvalue weighted by Crippen LogP contribution is -2.63. The van der Waals surface area contributed by atoms with E-state index in [1.165, 1.54) is 6.20 Å². The highest BCUT2D eigenvalue weighted by Crippen LogP contribution is 2.49. The fraction of sp³-hybridized carbons (Fsp3) is 0.458. The van der Waals surface area contributed by atoms with Gasteiger partial charge in [-0.25, -0.2) is 8.42 Å². The number of carbonyl (C=O) groups is 1. The number of pyridine rings is 1. The van der Waals surface area contributed by atoms with Crippen LogP contribution in [-0.2, 0) is 20.2 Å². The van der Waals surface area contributed by atoms with Crippen molar-refractivity contribution in [2.24, 2.45) is 0 Å². The molecule has 5 rings (SSSR count). The summed E-state index contributed by atoms with van der Waals surface area (Å²) in [5, 5.41) is 7.70. The molecule has 0 spiro atoms. The lowest BCUT2D eigenvalue weighted by molar-refractivity contribution is 0.0789. The summed E-state index contributed by atoms with van der Waals surface area (Å²) < 4.78 is 30.8. The highest BCUT2D eigenvalue weighted by molar-refractivity contribution is 7.93. The minimum atomic E-state index is -3.06. The van der Waals surface area contributed by atoms with Crippen LogP contribution in [0.1, 0.15) is 55.6 Å². The second kappa shape index (κ2) is 7.36. The normalized spacial score (nSPS) is 19.9. The van der Waals surface area contributed by atoms with Gasteiger partial charge in [0, 0.05) is 24.9 Å². The Morgan fingerprint density at radius 2 is 1.94 bits per heavy atom. The van der Waals surface area contributed by atoms with Crippen LogP contribution in [0.25, 0.3) is 22.3 Å². The van der Waals surface area contributed by atoms with Crippen LogP contribution in [0.15, 0.2) is 36.5 Å². The Bertz CT molecular complexity index is 1360. The number of aromatic nitrogens is 3. The summed E-state index contributed by atoms with van der Waals surface area (Å²) >= 11 is 0. The van der Waals surface area contributed by atoms with Gasteiger partial charge in [-0.1, -0.05) is 18.2 Å². The smallest absolute Gasteiger partial charge is 0.253 e. The molecule has 8 nitrogen and oxygen atoms in total. The number of hydrogen-bond donors (Lipinski definition) is 1. The van der Waals surface area contributed by atoms with Crippen LogP contribution < -0.4 is 5.32 Å². The van der Waals surface area contributed by atoms with Crippen LogP contribution in [0.5, 0.6) is 0 Å². The third-order valence-electron chi connectivity index (χ3n) is 6.55. The van der Waals surface area contributed by atoms with E-state index in [1.54, 1.807) is 20.1 Å². The first-order valence-electron chi connectivity index (χ1n) is 11.1. The number of benzene rings is 1. The maximum atomic E-state index is 12.9. The average Bonchev–Trinajstić information content (AvgIpc) is 3.45. The number of ether oxygens (including phenoxy) is 1. The molecule has 2 aromatic heterocycles. The summed E-state index contributed by atoms with van der Waals surface area (Å²) in [7, 11) is -1.32. The topological polar surface area (TPSA) is 103 Å². The summed E-state index contributed by atoms with van der Waals surface area (Å²) in [6.07, 6.45) is 3.54. The van der Waals surface area contributed by atoms with Gasteiger partial charge in [0.25, 0.3) is 5.91 Å². The molecule has 1 aliphatic carbocycles. The zero-order valence-electron chi connectivity index (χ0n) is 19.3. The molecule has 2 aliphatic rings. The number of fused-ring (bicyclic) bond motifs is 1. The predicted molar refractivity (Wildman–Crippen MR) is 126 cm³/mol. The van der Waals surface area contributed by atoms with Gasteiger partial charge in [-0.05, 0) is 51.3 Å². The summed E-state index contributed by atoms with van der Waals surface area (Å²) in [6.45, 7) is 5.81. The van der Waals surface area contributed by atoms with Crippen molar-refractivity contribution >= 4 is 26.8 Å². The van der Waals surface area contributed by atoms with E-state index in [-0.39, 0.29) is 29.1 Å².